The molecule has 2 fully saturated rings. The highest BCUT2D eigenvalue weighted by Crippen LogP contribution is 2.46. The maximum Gasteiger partial charge on any atom is 0.110 e. The minimum absolute atomic E-state index is 0.210. The standard InChI is InChI=1S/C11H21NO5/c1-2-3-4-12-5-6(13)8(15)11(12)9(16)7(14)10(11)17/h6-10,13-17H,2-5H2,1H3/t6-,7?,8-,9-,10+,11?/m1/s1. The summed E-state index contributed by atoms with van der Waals surface area (Å²) < 4.78 is 0. The number of likely N-dealkylation sites (tertiary alicyclic amines) is 1. The van der Waals surface area contributed by atoms with Crippen LogP contribution in [0.5, 0.6) is 0 Å². The van der Waals surface area contributed by atoms with Crippen molar-refractivity contribution < 1.29 is 25.5 Å². The number of rotatable bonds is 3. The highest BCUT2D eigenvalue weighted by molar-refractivity contribution is 5.25. The van der Waals surface area contributed by atoms with Crippen molar-refractivity contribution in [3.8, 4) is 0 Å². The van der Waals surface area contributed by atoms with Crippen LogP contribution in [-0.4, -0.2) is 79.6 Å². The van der Waals surface area contributed by atoms with Crippen LogP contribution in [0.2, 0.25) is 0 Å². The van der Waals surface area contributed by atoms with E-state index in [0.29, 0.717) is 6.54 Å². The van der Waals surface area contributed by atoms with Crippen molar-refractivity contribution in [2.45, 2.75) is 55.8 Å². The Bertz CT molecular complexity index is 277. The smallest absolute Gasteiger partial charge is 0.110 e. The van der Waals surface area contributed by atoms with Crippen LogP contribution >= 0.6 is 0 Å². The molecule has 6 nitrogen and oxygen atoms in total. The summed E-state index contributed by atoms with van der Waals surface area (Å²) >= 11 is 0. The van der Waals surface area contributed by atoms with Gasteiger partial charge in [-0.2, -0.15) is 0 Å². The zero-order valence-electron chi connectivity index (χ0n) is 9.90. The van der Waals surface area contributed by atoms with Gasteiger partial charge in [0.2, 0.25) is 0 Å². The van der Waals surface area contributed by atoms with Crippen molar-refractivity contribution in [2.75, 3.05) is 13.1 Å². The van der Waals surface area contributed by atoms with Crippen LogP contribution in [-0.2, 0) is 0 Å². The van der Waals surface area contributed by atoms with Crippen molar-refractivity contribution in [1.82, 2.24) is 4.90 Å². The van der Waals surface area contributed by atoms with E-state index < -0.39 is 36.1 Å². The van der Waals surface area contributed by atoms with Gasteiger partial charge in [0.25, 0.3) is 0 Å². The summed E-state index contributed by atoms with van der Waals surface area (Å²) in [6, 6.07) is 0. The Morgan fingerprint density at radius 1 is 1.06 bits per heavy atom. The molecule has 0 amide bonds. The first-order valence-corrected chi connectivity index (χ1v) is 6.13. The van der Waals surface area contributed by atoms with Gasteiger partial charge >= 0.3 is 0 Å². The molecule has 0 bridgehead atoms. The van der Waals surface area contributed by atoms with Crippen LogP contribution in [0.25, 0.3) is 0 Å². The lowest BCUT2D eigenvalue weighted by Gasteiger charge is -2.57. The minimum Gasteiger partial charge on any atom is -0.389 e. The molecule has 2 rings (SSSR count). The molecule has 1 spiro atoms. The number of nitrogens with zero attached hydrogens (tertiary/aromatic N) is 1. The van der Waals surface area contributed by atoms with Gasteiger partial charge < -0.3 is 25.5 Å². The molecule has 0 aromatic heterocycles. The van der Waals surface area contributed by atoms with Crippen LogP contribution in [0.4, 0.5) is 0 Å². The third-order valence-electron chi connectivity index (χ3n) is 4.17. The highest BCUT2D eigenvalue weighted by atomic mass is 16.4. The summed E-state index contributed by atoms with van der Waals surface area (Å²) in [7, 11) is 0. The summed E-state index contributed by atoms with van der Waals surface area (Å²) in [5.74, 6) is 0. The Morgan fingerprint density at radius 2 is 1.65 bits per heavy atom. The molecule has 1 aliphatic heterocycles. The second-order valence-electron chi connectivity index (χ2n) is 5.08. The first-order valence-electron chi connectivity index (χ1n) is 6.13. The molecule has 17 heavy (non-hydrogen) atoms. The molecule has 1 saturated heterocycles. The highest BCUT2D eigenvalue weighted by Gasteiger charge is 2.71. The molecule has 0 radical (unpaired) electrons. The number of hydrogen-bond donors (Lipinski definition) is 5. The molecular weight excluding hydrogens is 226 g/mol. The average molecular weight is 247 g/mol. The minimum atomic E-state index is -1.30. The lowest BCUT2D eigenvalue weighted by atomic mass is 9.65. The van der Waals surface area contributed by atoms with Crippen molar-refractivity contribution in [3.05, 3.63) is 0 Å². The van der Waals surface area contributed by atoms with Gasteiger partial charge in [0.1, 0.15) is 30.0 Å². The largest absolute Gasteiger partial charge is 0.389 e. The normalized spacial score (nSPS) is 50.8. The Kier molecular flexibility index (Phi) is 3.46. The summed E-state index contributed by atoms with van der Waals surface area (Å²) in [6.45, 7) is 2.80. The zero-order valence-corrected chi connectivity index (χ0v) is 9.90. The Hall–Kier alpha value is -0.240. The van der Waals surface area contributed by atoms with Crippen LogP contribution in [0.3, 0.4) is 0 Å². The summed E-state index contributed by atoms with van der Waals surface area (Å²) in [4.78, 5) is 1.70. The van der Waals surface area contributed by atoms with E-state index in [4.69, 9.17) is 0 Å². The molecule has 6 atom stereocenters. The van der Waals surface area contributed by atoms with E-state index in [9.17, 15) is 25.5 Å². The quantitative estimate of drug-likeness (QED) is 0.383. The maximum atomic E-state index is 9.97. The summed E-state index contributed by atoms with van der Waals surface area (Å²) in [5, 5.41) is 48.9. The van der Waals surface area contributed by atoms with E-state index in [-0.39, 0.29) is 6.54 Å². The fourth-order valence-electron chi connectivity index (χ4n) is 3.11. The number of unbranched alkanes of at least 4 members (excludes halogenated alkanes) is 1. The van der Waals surface area contributed by atoms with E-state index in [0.717, 1.165) is 12.8 Å². The van der Waals surface area contributed by atoms with E-state index in [2.05, 4.69) is 0 Å². The van der Waals surface area contributed by atoms with Crippen molar-refractivity contribution in [3.63, 3.8) is 0 Å². The molecule has 1 heterocycles. The van der Waals surface area contributed by atoms with Gasteiger partial charge in [-0.15, -0.1) is 0 Å². The fourth-order valence-corrected chi connectivity index (χ4v) is 3.11. The summed E-state index contributed by atoms with van der Waals surface area (Å²) in [5.41, 5.74) is -1.30. The van der Waals surface area contributed by atoms with E-state index >= 15 is 0 Å². The van der Waals surface area contributed by atoms with Gasteiger partial charge in [0.05, 0.1) is 6.10 Å². The number of aliphatic hydroxyl groups is 5. The van der Waals surface area contributed by atoms with Crippen molar-refractivity contribution in [1.29, 1.82) is 0 Å². The zero-order chi connectivity index (χ0) is 12.8. The fraction of sp³-hybridized carbons (Fsp3) is 1.00. The Morgan fingerprint density at radius 3 is 2.18 bits per heavy atom. The topological polar surface area (TPSA) is 104 Å². The number of β-amino-alcohol motifs (C(OH)–C–C–N with tert-alkyl or cyclic N) is 1. The summed E-state index contributed by atoms with van der Waals surface area (Å²) in [6.07, 6.45) is -4.14. The van der Waals surface area contributed by atoms with Crippen molar-refractivity contribution >= 4 is 0 Å². The molecule has 2 unspecified atom stereocenters. The molecule has 0 aromatic rings. The molecule has 1 aliphatic carbocycles. The second-order valence-corrected chi connectivity index (χ2v) is 5.08. The molecule has 100 valence electrons. The maximum absolute atomic E-state index is 9.97. The molecule has 5 N–H and O–H groups in total. The SMILES string of the molecule is CCCCN1C[C@@H](O)[C@@H](O)C12[C@H](O)C(O)[C@@H]2O. The van der Waals surface area contributed by atoms with Gasteiger partial charge in [0.15, 0.2) is 0 Å². The first kappa shape index (κ1) is 13.2. The van der Waals surface area contributed by atoms with Crippen LogP contribution in [0.15, 0.2) is 0 Å². The lowest BCUT2D eigenvalue weighted by molar-refractivity contribution is -0.271. The lowest BCUT2D eigenvalue weighted by Crippen LogP contribution is -2.82. The van der Waals surface area contributed by atoms with Gasteiger partial charge in [-0.25, -0.2) is 0 Å². The van der Waals surface area contributed by atoms with Gasteiger partial charge in [-0.05, 0) is 13.0 Å². The number of hydrogen-bond acceptors (Lipinski definition) is 6. The van der Waals surface area contributed by atoms with Crippen LogP contribution in [0, 0.1) is 0 Å². The Labute approximate surface area is 100 Å². The predicted molar refractivity (Wildman–Crippen MR) is 59.2 cm³/mol. The van der Waals surface area contributed by atoms with Gasteiger partial charge in [-0.3, -0.25) is 4.90 Å². The third-order valence-corrected chi connectivity index (χ3v) is 4.17. The molecule has 0 aromatic carbocycles. The molecule has 2 aliphatic rings. The van der Waals surface area contributed by atoms with Crippen molar-refractivity contribution in [2.24, 2.45) is 0 Å². The number of aliphatic hydroxyl groups excluding tert-OH is 5. The predicted octanol–water partition coefficient (Wildman–Crippen LogP) is -2.34. The average Bonchev–Trinajstić information content (AvgIpc) is 2.59. The third kappa shape index (κ3) is 1.56. The molecule has 1 saturated carbocycles. The van der Waals surface area contributed by atoms with E-state index in [1.54, 1.807) is 4.90 Å². The molecule has 6 heteroatoms. The monoisotopic (exact) mass is 247 g/mol. The van der Waals surface area contributed by atoms with E-state index in [1.165, 1.54) is 0 Å². The Balaban J connectivity index is 2.21. The second kappa shape index (κ2) is 4.46. The molecular formula is C11H21NO5. The van der Waals surface area contributed by atoms with Gasteiger partial charge in [-0.1, -0.05) is 13.3 Å². The first-order chi connectivity index (χ1) is 7.97. The van der Waals surface area contributed by atoms with Crippen LogP contribution in [0.1, 0.15) is 19.8 Å². The van der Waals surface area contributed by atoms with Crippen LogP contribution < -0.4 is 0 Å². The van der Waals surface area contributed by atoms with E-state index in [1.807, 2.05) is 6.92 Å². The van der Waals surface area contributed by atoms with Gasteiger partial charge in [0, 0.05) is 6.54 Å².